The molecular formula is C45H51FN10O6. The minimum absolute atomic E-state index is 0.00883. The van der Waals surface area contributed by atoms with Crippen LogP contribution in [0, 0.1) is 18.7 Å². The maximum atomic E-state index is 15.8. The highest BCUT2D eigenvalue weighted by Crippen LogP contribution is 2.36. The van der Waals surface area contributed by atoms with Gasteiger partial charge in [0, 0.05) is 68.9 Å². The summed E-state index contributed by atoms with van der Waals surface area (Å²) in [5, 5.41) is 6.10. The molecule has 0 radical (unpaired) electrons. The minimum Gasteiger partial charge on any atom is -0.370 e. The van der Waals surface area contributed by atoms with Gasteiger partial charge in [-0.3, -0.25) is 48.5 Å². The quantitative estimate of drug-likeness (QED) is 0.171. The predicted molar refractivity (Wildman–Crippen MR) is 229 cm³/mol. The number of hydrogen-bond donors (Lipinski definition) is 2. The number of benzene rings is 1. The number of Topliss-reactive ketones (excluding diaryl/α,β-unsaturated/α-hetero) is 1. The van der Waals surface area contributed by atoms with Gasteiger partial charge in [0.05, 0.1) is 34.3 Å². The van der Waals surface area contributed by atoms with E-state index in [1.165, 1.54) is 13.0 Å². The van der Waals surface area contributed by atoms with Crippen molar-refractivity contribution in [3.05, 3.63) is 75.1 Å². The minimum atomic E-state index is -1.11. The number of carbonyl (C=O) groups excluding carboxylic acids is 5. The van der Waals surface area contributed by atoms with Crippen molar-refractivity contribution in [2.75, 3.05) is 47.8 Å². The average Bonchev–Trinajstić information content (AvgIpc) is 3.84. The highest BCUT2D eigenvalue weighted by Gasteiger charge is 2.46. The fourth-order valence-electron chi connectivity index (χ4n) is 10.5. The Labute approximate surface area is 357 Å². The van der Waals surface area contributed by atoms with Crippen LogP contribution < -0.4 is 26.0 Å². The molecule has 3 atom stereocenters. The summed E-state index contributed by atoms with van der Waals surface area (Å²) >= 11 is 0. The largest absolute Gasteiger partial charge is 0.370 e. The van der Waals surface area contributed by atoms with Crippen LogP contribution in [-0.2, 0) is 9.59 Å². The van der Waals surface area contributed by atoms with Crippen molar-refractivity contribution in [1.29, 1.82) is 0 Å². The van der Waals surface area contributed by atoms with Crippen LogP contribution in [0.15, 0.2) is 41.5 Å². The normalized spacial score (nSPS) is 22.8. The summed E-state index contributed by atoms with van der Waals surface area (Å²) in [4.78, 5) is 98.7. The van der Waals surface area contributed by atoms with Crippen molar-refractivity contribution in [3.63, 3.8) is 0 Å². The van der Waals surface area contributed by atoms with Crippen LogP contribution in [0.2, 0.25) is 0 Å². The number of amides is 4. The number of rotatable bonds is 9. The standard InChI is InChI=1S/C45H51FN10O6/c1-24-21-52(22-25(2)54(24)36-18-32-31(17-34(36)46)42(60)56(43(32)61)35-10-12-38(58)50-41(35)59)23-28-13-15-53(16-14-28)30-9-11-37(47-19-30)49-45-48-20-33-26(3)39(27(4)57)44(62)55(40(33)51-45)29-7-5-6-8-29/h9,11,17-20,24-25,28-29,35H,5-8,10,12-16,21-23H2,1-4H3,(H,50,58,59)(H,47,48,49,51). The fourth-order valence-corrected chi connectivity index (χ4v) is 10.5. The molecule has 9 rings (SSSR count). The first-order chi connectivity index (χ1) is 29.8. The Kier molecular flexibility index (Phi) is 10.9. The molecule has 3 aromatic heterocycles. The molecular weight excluding hydrogens is 796 g/mol. The number of hydrogen-bond acceptors (Lipinski definition) is 13. The van der Waals surface area contributed by atoms with Gasteiger partial charge in [-0.2, -0.15) is 4.98 Å². The molecule has 4 aromatic rings. The van der Waals surface area contributed by atoms with Gasteiger partial charge < -0.3 is 15.1 Å². The van der Waals surface area contributed by atoms with E-state index < -0.39 is 35.5 Å². The van der Waals surface area contributed by atoms with Crippen molar-refractivity contribution in [1.82, 2.24) is 34.6 Å². The second kappa shape index (κ2) is 16.3. The number of fused-ring (bicyclic) bond motifs is 2. The molecule has 5 aliphatic rings. The molecule has 0 spiro atoms. The molecule has 324 valence electrons. The molecule has 4 fully saturated rings. The lowest BCUT2D eigenvalue weighted by molar-refractivity contribution is -0.136. The van der Waals surface area contributed by atoms with Crippen LogP contribution in [0.25, 0.3) is 11.0 Å². The number of pyridine rings is 2. The van der Waals surface area contributed by atoms with Gasteiger partial charge >= 0.3 is 0 Å². The molecule has 2 N–H and O–H groups in total. The van der Waals surface area contributed by atoms with Gasteiger partial charge in [0.15, 0.2) is 5.78 Å². The Bertz CT molecular complexity index is 2550. The third-order valence-corrected chi connectivity index (χ3v) is 13.5. The van der Waals surface area contributed by atoms with Crippen LogP contribution in [-0.4, -0.2) is 110 Å². The van der Waals surface area contributed by atoms with E-state index in [1.54, 1.807) is 17.7 Å². The molecule has 4 amide bonds. The van der Waals surface area contributed by atoms with Gasteiger partial charge in [0.2, 0.25) is 17.8 Å². The van der Waals surface area contributed by atoms with Gasteiger partial charge in [-0.1, -0.05) is 12.8 Å². The Balaban J connectivity index is 0.807. The number of anilines is 4. The molecule has 1 aromatic carbocycles. The highest BCUT2D eigenvalue weighted by atomic mass is 19.1. The van der Waals surface area contributed by atoms with E-state index in [-0.39, 0.29) is 64.7 Å². The summed E-state index contributed by atoms with van der Waals surface area (Å²) < 4.78 is 17.5. The van der Waals surface area contributed by atoms with E-state index in [2.05, 4.69) is 30.4 Å². The first-order valence-corrected chi connectivity index (χ1v) is 21.7. The summed E-state index contributed by atoms with van der Waals surface area (Å²) in [6.07, 6.45) is 9.36. The summed E-state index contributed by atoms with van der Waals surface area (Å²) in [5.74, 6) is -2.01. The van der Waals surface area contributed by atoms with Crippen LogP contribution >= 0.6 is 0 Å². The van der Waals surface area contributed by atoms with Crippen LogP contribution in [0.4, 0.5) is 27.5 Å². The Hall–Kier alpha value is -6.10. The van der Waals surface area contributed by atoms with Crippen molar-refractivity contribution in [3.8, 4) is 0 Å². The molecule has 1 saturated carbocycles. The smallest absolute Gasteiger partial charge is 0.263 e. The number of nitrogens with zero attached hydrogens (tertiary/aromatic N) is 8. The van der Waals surface area contributed by atoms with E-state index in [9.17, 15) is 28.8 Å². The average molecular weight is 847 g/mol. The topological polar surface area (TPSA) is 183 Å². The van der Waals surface area contributed by atoms with Crippen LogP contribution in [0.5, 0.6) is 0 Å². The van der Waals surface area contributed by atoms with Crippen LogP contribution in [0.1, 0.15) is 115 Å². The van der Waals surface area contributed by atoms with Crippen molar-refractivity contribution >= 4 is 63.6 Å². The second-order valence-corrected chi connectivity index (χ2v) is 17.7. The zero-order valence-corrected chi connectivity index (χ0v) is 35.4. The van der Waals surface area contributed by atoms with Gasteiger partial charge in [-0.15, -0.1) is 0 Å². The van der Waals surface area contributed by atoms with Gasteiger partial charge in [-0.05, 0) is 95.5 Å². The number of piperazine rings is 1. The van der Waals surface area contributed by atoms with Gasteiger partial charge in [-0.25, -0.2) is 14.4 Å². The summed E-state index contributed by atoms with van der Waals surface area (Å²) in [5.41, 5.74) is 2.31. The Morgan fingerprint density at radius 1 is 0.903 bits per heavy atom. The summed E-state index contributed by atoms with van der Waals surface area (Å²) in [6, 6.07) is 5.21. The Morgan fingerprint density at radius 3 is 2.24 bits per heavy atom. The maximum Gasteiger partial charge on any atom is 0.263 e. The number of aryl methyl sites for hydroxylation is 1. The summed E-state index contributed by atoms with van der Waals surface area (Å²) in [6.45, 7) is 11.4. The van der Waals surface area contributed by atoms with Crippen molar-refractivity contribution in [2.24, 2.45) is 5.92 Å². The second-order valence-electron chi connectivity index (χ2n) is 17.7. The Morgan fingerprint density at radius 2 is 1.60 bits per heavy atom. The zero-order chi connectivity index (χ0) is 43.6. The predicted octanol–water partition coefficient (Wildman–Crippen LogP) is 4.91. The molecule has 3 unspecified atom stereocenters. The first kappa shape index (κ1) is 41.3. The molecule has 7 heterocycles. The van der Waals surface area contributed by atoms with E-state index in [0.717, 1.165) is 74.8 Å². The third-order valence-electron chi connectivity index (χ3n) is 13.5. The number of piperidine rings is 2. The van der Waals surface area contributed by atoms with Gasteiger partial charge in [0.25, 0.3) is 17.4 Å². The lowest BCUT2D eigenvalue weighted by atomic mass is 9.94. The SMILES string of the molecule is CC(=O)c1c(C)c2cnc(Nc3ccc(N4CCC(CN5CC(C)N(c6cc7c(cc6F)C(=O)N(C6CCC(=O)NC6=O)C7=O)C(C)C5)CC4)cn3)nc2n(C2CCCC2)c1=O. The number of ketones is 1. The lowest BCUT2D eigenvalue weighted by Gasteiger charge is -2.47. The van der Waals surface area contributed by atoms with E-state index in [0.29, 0.717) is 47.4 Å². The van der Waals surface area contributed by atoms with E-state index >= 15 is 4.39 Å². The van der Waals surface area contributed by atoms with Crippen molar-refractivity contribution in [2.45, 2.75) is 103 Å². The summed E-state index contributed by atoms with van der Waals surface area (Å²) in [7, 11) is 0. The molecule has 0 bridgehead atoms. The van der Waals surface area contributed by atoms with E-state index in [4.69, 9.17) is 4.98 Å². The van der Waals surface area contributed by atoms with Crippen LogP contribution in [0.3, 0.4) is 0 Å². The first-order valence-electron chi connectivity index (χ1n) is 21.7. The molecule has 62 heavy (non-hydrogen) atoms. The number of aromatic nitrogens is 4. The third kappa shape index (κ3) is 7.39. The molecule has 16 nitrogen and oxygen atoms in total. The lowest BCUT2D eigenvalue weighted by Crippen LogP contribution is -2.58. The molecule has 17 heteroatoms. The molecule has 1 aliphatic carbocycles. The van der Waals surface area contributed by atoms with E-state index in [1.807, 2.05) is 37.1 Å². The molecule has 4 aliphatic heterocycles. The highest BCUT2D eigenvalue weighted by molar-refractivity contribution is 6.23. The number of halogens is 1. The fraction of sp³-hybridized carbons (Fsp3) is 0.489. The number of imide groups is 2. The molecule has 3 saturated heterocycles. The monoisotopic (exact) mass is 846 g/mol. The number of nitrogens with one attached hydrogen (secondary N) is 2. The zero-order valence-electron chi connectivity index (χ0n) is 35.4. The van der Waals surface area contributed by atoms with Gasteiger partial charge in [0.1, 0.15) is 23.3 Å². The maximum absolute atomic E-state index is 15.8. The van der Waals surface area contributed by atoms with Crippen molar-refractivity contribution < 1.29 is 28.4 Å². The number of carbonyl (C=O) groups is 5.